The van der Waals surface area contributed by atoms with Crippen LogP contribution in [0.25, 0.3) is 0 Å². The van der Waals surface area contributed by atoms with Crippen molar-refractivity contribution in [3.05, 3.63) is 50.6 Å². The predicted molar refractivity (Wildman–Crippen MR) is 82.5 cm³/mol. The summed E-state index contributed by atoms with van der Waals surface area (Å²) >= 11 is 0. The van der Waals surface area contributed by atoms with Gasteiger partial charge in [0.05, 0.1) is 0 Å². The maximum atomic E-state index is 12.0. The lowest BCUT2D eigenvalue weighted by Crippen LogP contribution is -2.47. The van der Waals surface area contributed by atoms with Crippen molar-refractivity contribution in [2.75, 3.05) is 13.2 Å². The topological polar surface area (TPSA) is 105 Å². The van der Waals surface area contributed by atoms with Crippen molar-refractivity contribution in [3.63, 3.8) is 0 Å². The molecular weight excluding hydrogens is 320 g/mol. The van der Waals surface area contributed by atoms with Gasteiger partial charge in [0.15, 0.2) is 0 Å². The van der Waals surface area contributed by atoms with Crippen LogP contribution in [0.2, 0.25) is 0 Å². The minimum absolute atomic E-state index is 0.217. The summed E-state index contributed by atoms with van der Waals surface area (Å²) in [5.41, 5.74) is 0. The van der Waals surface area contributed by atoms with Gasteiger partial charge in [0, 0.05) is 12.2 Å². The summed E-state index contributed by atoms with van der Waals surface area (Å²) < 4.78 is 19.0. The number of carbonyl (C=O) groups excluding carboxylic acids is 4. The molecule has 0 heterocycles. The average Bonchev–Trinajstić information content (AvgIpc) is 2.59. The number of carbonyl (C=O) groups is 4. The molecule has 0 N–H and O–H groups in total. The van der Waals surface area contributed by atoms with Crippen LogP contribution in [0, 0.1) is 0 Å². The van der Waals surface area contributed by atoms with Gasteiger partial charge in [-0.05, 0) is 0 Å². The van der Waals surface area contributed by atoms with E-state index in [0.717, 1.165) is 12.2 Å². The fraction of sp³-hybridized carbons (Fsp3) is 0.250. The number of hydrogen-bond donors (Lipinski definition) is 0. The summed E-state index contributed by atoms with van der Waals surface area (Å²) in [6.45, 7) is 12.6. The molecule has 0 aromatic heterocycles. The molecule has 0 amide bonds. The molecule has 0 spiro atoms. The second-order valence-corrected chi connectivity index (χ2v) is 3.96. The third-order valence-corrected chi connectivity index (χ3v) is 2.25. The van der Waals surface area contributed by atoms with Gasteiger partial charge >= 0.3 is 23.9 Å². The molecule has 0 saturated heterocycles. The van der Waals surface area contributed by atoms with Crippen molar-refractivity contribution in [2.24, 2.45) is 0 Å². The quantitative estimate of drug-likeness (QED) is 0.234. The first kappa shape index (κ1) is 20.8. The molecular formula is C16H18O8. The van der Waals surface area contributed by atoms with E-state index in [1.807, 2.05) is 0 Å². The van der Waals surface area contributed by atoms with Gasteiger partial charge < -0.3 is 18.9 Å². The third kappa shape index (κ3) is 7.21. The standard InChI is InChI=1S/C16H18O8/c1-5-9-21-15(19)13(23-11(17)7-3)14(24-12(18)8-4)16(20)22-10-6-2/h5-8,13-14H,1-4,9-10H2. The Labute approximate surface area is 139 Å². The maximum Gasteiger partial charge on any atom is 0.352 e. The summed E-state index contributed by atoms with van der Waals surface area (Å²) in [5.74, 6) is -4.34. The van der Waals surface area contributed by atoms with Crippen molar-refractivity contribution in [2.45, 2.75) is 12.2 Å². The van der Waals surface area contributed by atoms with Crippen LogP contribution in [-0.4, -0.2) is 49.3 Å². The Hall–Kier alpha value is -3.16. The van der Waals surface area contributed by atoms with Crippen LogP contribution in [0.15, 0.2) is 50.6 Å². The van der Waals surface area contributed by atoms with Crippen LogP contribution in [-0.2, 0) is 38.1 Å². The summed E-state index contributed by atoms with van der Waals surface area (Å²) in [6, 6.07) is 0. The Bertz CT molecular complexity index is 486. The Morgan fingerprint density at radius 1 is 0.708 bits per heavy atom. The molecule has 2 atom stereocenters. The molecule has 2 unspecified atom stereocenters. The lowest BCUT2D eigenvalue weighted by Gasteiger charge is -2.23. The highest BCUT2D eigenvalue weighted by Crippen LogP contribution is 2.11. The minimum Gasteiger partial charge on any atom is -0.459 e. The SMILES string of the molecule is C=CCOC(=O)C(OC(=O)C=C)C(OC(=O)C=C)C(=O)OCC=C. The fourth-order valence-corrected chi connectivity index (χ4v) is 1.26. The van der Waals surface area contributed by atoms with E-state index in [4.69, 9.17) is 18.9 Å². The highest BCUT2D eigenvalue weighted by molar-refractivity contribution is 5.92. The van der Waals surface area contributed by atoms with E-state index in [-0.39, 0.29) is 13.2 Å². The highest BCUT2D eigenvalue weighted by Gasteiger charge is 2.42. The van der Waals surface area contributed by atoms with Gasteiger partial charge in [-0.1, -0.05) is 38.5 Å². The molecule has 0 rings (SSSR count). The van der Waals surface area contributed by atoms with Crippen molar-refractivity contribution < 1.29 is 38.1 Å². The normalized spacial score (nSPS) is 11.8. The zero-order chi connectivity index (χ0) is 18.5. The van der Waals surface area contributed by atoms with Gasteiger partial charge in [-0.15, -0.1) is 0 Å². The molecule has 0 saturated carbocycles. The second kappa shape index (κ2) is 11.4. The molecule has 0 radical (unpaired) electrons. The molecule has 24 heavy (non-hydrogen) atoms. The number of rotatable bonds is 11. The monoisotopic (exact) mass is 338 g/mol. The van der Waals surface area contributed by atoms with Crippen molar-refractivity contribution in [1.82, 2.24) is 0 Å². The molecule has 0 aliphatic heterocycles. The maximum absolute atomic E-state index is 12.0. The first-order chi connectivity index (χ1) is 11.4. The Morgan fingerprint density at radius 3 is 1.29 bits per heavy atom. The second-order valence-electron chi connectivity index (χ2n) is 3.96. The summed E-state index contributed by atoms with van der Waals surface area (Å²) in [5, 5.41) is 0. The molecule has 130 valence electrons. The van der Waals surface area contributed by atoms with Crippen molar-refractivity contribution in [1.29, 1.82) is 0 Å². The summed E-state index contributed by atoms with van der Waals surface area (Å²) in [7, 11) is 0. The van der Waals surface area contributed by atoms with E-state index in [0.29, 0.717) is 0 Å². The number of ether oxygens (including phenoxy) is 4. The first-order valence-corrected chi connectivity index (χ1v) is 6.62. The molecule has 8 nitrogen and oxygen atoms in total. The van der Waals surface area contributed by atoms with Gasteiger partial charge in [0.1, 0.15) is 13.2 Å². The van der Waals surface area contributed by atoms with Crippen LogP contribution in [0.3, 0.4) is 0 Å². The zero-order valence-corrected chi connectivity index (χ0v) is 13.0. The smallest absolute Gasteiger partial charge is 0.352 e. The van der Waals surface area contributed by atoms with E-state index in [1.54, 1.807) is 0 Å². The fourth-order valence-electron chi connectivity index (χ4n) is 1.26. The molecule has 8 heteroatoms. The van der Waals surface area contributed by atoms with Gasteiger partial charge in [0.2, 0.25) is 12.2 Å². The predicted octanol–water partition coefficient (Wildman–Crippen LogP) is 0.640. The van der Waals surface area contributed by atoms with Crippen LogP contribution in [0.5, 0.6) is 0 Å². The number of esters is 4. The lowest BCUT2D eigenvalue weighted by molar-refractivity contribution is -0.187. The van der Waals surface area contributed by atoms with Crippen molar-refractivity contribution >= 4 is 23.9 Å². The highest BCUT2D eigenvalue weighted by atomic mass is 16.6. The van der Waals surface area contributed by atoms with Gasteiger partial charge in [0.25, 0.3) is 0 Å². The molecule has 0 bridgehead atoms. The Morgan fingerprint density at radius 2 is 1.04 bits per heavy atom. The number of hydrogen-bond acceptors (Lipinski definition) is 8. The minimum atomic E-state index is -1.89. The van der Waals surface area contributed by atoms with E-state index < -0.39 is 36.1 Å². The lowest BCUT2D eigenvalue weighted by atomic mass is 10.2. The van der Waals surface area contributed by atoms with Crippen LogP contribution < -0.4 is 0 Å². The van der Waals surface area contributed by atoms with E-state index in [2.05, 4.69) is 26.3 Å². The van der Waals surface area contributed by atoms with Crippen LogP contribution >= 0.6 is 0 Å². The summed E-state index contributed by atoms with van der Waals surface area (Å²) in [6.07, 6.45) is 0.244. The average molecular weight is 338 g/mol. The summed E-state index contributed by atoms with van der Waals surface area (Å²) in [4.78, 5) is 46.8. The molecule has 0 aliphatic carbocycles. The van der Waals surface area contributed by atoms with E-state index in [1.165, 1.54) is 12.2 Å². The molecule has 0 aliphatic rings. The van der Waals surface area contributed by atoms with Crippen LogP contribution in [0.1, 0.15) is 0 Å². The first-order valence-electron chi connectivity index (χ1n) is 6.62. The Balaban J connectivity index is 5.54. The molecule has 0 fully saturated rings. The van der Waals surface area contributed by atoms with Gasteiger partial charge in [-0.2, -0.15) is 0 Å². The van der Waals surface area contributed by atoms with Crippen molar-refractivity contribution in [3.8, 4) is 0 Å². The molecule has 0 aromatic rings. The van der Waals surface area contributed by atoms with Crippen LogP contribution in [0.4, 0.5) is 0 Å². The third-order valence-electron chi connectivity index (χ3n) is 2.25. The van der Waals surface area contributed by atoms with Gasteiger partial charge in [-0.3, -0.25) is 0 Å². The zero-order valence-electron chi connectivity index (χ0n) is 13.0. The largest absolute Gasteiger partial charge is 0.459 e. The van der Waals surface area contributed by atoms with Gasteiger partial charge in [-0.25, -0.2) is 19.2 Å². The Kier molecular flexibility index (Phi) is 9.91. The van der Waals surface area contributed by atoms with E-state index in [9.17, 15) is 19.2 Å². The van der Waals surface area contributed by atoms with E-state index >= 15 is 0 Å². The molecule has 0 aromatic carbocycles.